The third kappa shape index (κ3) is 9.20. The highest BCUT2D eigenvalue weighted by Crippen LogP contribution is 2.39. The van der Waals surface area contributed by atoms with Gasteiger partial charge in [0.15, 0.2) is 0 Å². The third-order valence-corrected chi connectivity index (χ3v) is 6.35. The van der Waals surface area contributed by atoms with Crippen LogP contribution in [0.5, 0.6) is 11.5 Å². The number of rotatable bonds is 19. The lowest BCUT2D eigenvalue weighted by Crippen LogP contribution is -2.21. The lowest BCUT2D eigenvalue weighted by atomic mass is 9.76. The Bertz CT molecular complexity index is 942. The van der Waals surface area contributed by atoms with E-state index in [0.29, 0.717) is 61.9 Å². The van der Waals surface area contributed by atoms with Crippen LogP contribution in [0, 0.1) is 0 Å². The average Bonchev–Trinajstić information content (AvgIpc) is 2.90. The molecular weight excluding hydrogens is 492 g/mol. The van der Waals surface area contributed by atoms with Crippen LogP contribution in [0.25, 0.3) is 0 Å². The van der Waals surface area contributed by atoms with Crippen LogP contribution in [0.4, 0.5) is 0 Å². The van der Waals surface area contributed by atoms with Gasteiger partial charge in [0.25, 0.3) is 0 Å². The van der Waals surface area contributed by atoms with Crippen molar-refractivity contribution in [2.75, 3.05) is 68.1 Å². The Morgan fingerprint density at radius 2 is 0.816 bits per heavy atom. The minimum absolute atomic E-state index is 0.150. The van der Waals surface area contributed by atoms with Gasteiger partial charge in [-0.05, 0) is 35.4 Å². The average molecular weight is 537 g/mol. The summed E-state index contributed by atoms with van der Waals surface area (Å²) < 4.78 is 37.8. The predicted octanol–water partition coefficient (Wildman–Crippen LogP) is 4.06. The van der Waals surface area contributed by atoms with Gasteiger partial charge in [-0.2, -0.15) is 0 Å². The molecule has 0 amide bonds. The summed E-state index contributed by atoms with van der Waals surface area (Å²) in [5, 5.41) is 21.9. The zero-order valence-corrected chi connectivity index (χ0v) is 23.6. The summed E-state index contributed by atoms with van der Waals surface area (Å²) >= 11 is 0. The summed E-state index contributed by atoms with van der Waals surface area (Å²) in [4.78, 5) is 0. The van der Waals surface area contributed by atoms with Gasteiger partial charge in [-0.25, -0.2) is 0 Å². The van der Waals surface area contributed by atoms with E-state index in [4.69, 9.17) is 33.2 Å². The van der Waals surface area contributed by atoms with Crippen LogP contribution in [0.3, 0.4) is 0 Å². The molecule has 0 fully saturated rings. The fourth-order valence-electron chi connectivity index (χ4n) is 3.98. The van der Waals surface area contributed by atoms with Gasteiger partial charge in [-0.15, -0.1) is 0 Å². The first-order chi connectivity index (χ1) is 18.3. The number of benzene rings is 2. The molecule has 0 aliphatic heterocycles. The van der Waals surface area contributed by atoms with E-state index < -0.39 is 5.41 Å². The van der Waals surface area contributed by atoms with Gasteiger partial charge in [0.2, 0.25) is 0 Å². The van der Waals surface area contributed by atoms with Gasteiger partial charge in [0.05, 0.1) is 66.1 Å². The fraction of sp³-hybridized carbons (Fsp3) is 0.586. The molecule has 214 valence electrons. The highest BCUT2D eigenvalue weighted by molar-refractivity contribution is 5.52. The molecule has 0 saturated carbocycles. The van der Waals surface area contributed by atoms with E-state index in [9.17, 15) is 10.2 Å². The molecule has 2 aromatic rings. The summed E-state index contributed by atoms with van der Waals surface area (Å²) in [7, 11) is 6.45. The number of hydrogen-bond acceptors (Lipinski definition) is 9. The van der Waals surface area contributed by atoms with E-state index in [1.165, 1.54) is 0 Å². The number of hydrogen-bond donors (Lipinski definition) is 2. The lowest BCUT2D eigenvalue weighted by Gasteiger charge is -2.29. The highest BCUT2D eigenvalue weighted by Gasteiger charge is 2.28. The maximum Gasteiger partial charge on any atom is 0.126 e. The molecule has 0 bridgehead atoms. The Morgan fingerprint density at radius 1 is 0.500 bits per heavy atom. The minimum Gasteiger partial charge on any atom is -0.507 e. The molecule has 0 unspecified atom stereocenters. The molecular formula is C29H44O9. The van der Waals surface area contributed by atoms with Crippen LogP contribution in [-0.4, -0.2) is 78.3 Å². The molecule has 9 heteroatoms. The van der Waals surface area contributed by atoms with E-state index in [2.05, 4.69) is 13.8 Å². The summed E-state index contributed by atoms with van der Waals surface area (Å²) in [5.74, 6) is 0.311. The number of ether oxygens (including phenoxy) is 7. The Hall–Kier alpha value is -2.24. The monoisotopic (exact) mass is 536 g/mol. The van der Waals surface area contributed by atoms with Crippen LogP contribution in [-0.2, 0) is 65.0 Å². The van der Waals surface area contributed by atoms with Crippen molar-refractivity contribution < 1.29 is 43.4 Å². The van der Waals surface area contributed by atoms with E-state index in [-0.39, 0.29) is 37.9 Å². The summed E-state index contributed by atoms with van der Waals surface area (Å²) in [6, 6.07) is 7.82. The second-order valence-electron chi connectivity index (χ2n) is 9.48. The molecule has 38 heavy (non-hydrogen) atoms. The molecule has 2 rings (SSSR count). The minimum atomic E-state index is -0.506. The van der Waals surface area contributed by atoms with Gasteiger partial charge in [0, 0.05) is 56.1 Å². The Balaban J connectivity index is 2.48. The van der Waals surface area contributed by atoms with Crippen molar-refractivity contribution in [2.45, 2.75) is 45.7 Å². The molecule has 0 spiro atoms. The highest BCUT2D eigenvalue weighted by atomic mass is 16.5. The van der Waals surface area contributed by atoms with Crippen LogP contribution in [0.15, 0.2) is 24.3 Å². The topological polar surface area (TPSA) is 105 Å². The normalized spacial score (nSPS) is 11.8. The molecule has 0 aromatic heterocycles. The van der Waals surface area contributed by atoms with Gasteiger partial charge < -0.3 is 43.4 Å². The molecule has 2 N–H and O–H groups in total. The first-order valence-corrected chi connectivity index (χ1v) is 12.7. The molecule has 0 aliphatic carbocycles. The quantitative estimate of drug-likeness (QED) is 0.257. The van der Waals surface area contributed by atoms with Crippen LogP contribution in [0.1, 0.15) is 47.2 Å². The lowest BCUT2D eigenvalue weighted by molar-refractivity contribution is 0.0576. The summed E-state index contributed by atoms with van der Waals surface area (Å²) in [6.45, 7) is 7.79. The Morgan fingerprint density at radius 3 is 1.11 bits per heavy atom. The second-order valence-corrected chi connectivity index (χ2v) is 9.48. The fourth-order valence-corrected chi connectivity index (χ4v) is 3.98. The van der Waals surface area contributed by atoms with Gasteiger partial charge in [-0.1, -0.05) is 13.8 Å². The maximum atomic E-state index is 11.0. The van der Waals surface area contributed by atoms with Crippen LogP contribution < -0.4 is 0 Å². The standard InChI is InChI=1S/C29H44O9/c1-29(2,25-13-21(17-35-6)27(30)22(14-25)18-36-10-7-32-3)26-15-23(19-37-11-8-33-4)28(31)24(16-26)20-38-12-9-34-5/h13-16,30-31H,7-12,17-20H2,1-6H3. The van der Waals surface area contributed by atoms with E-state index in [1.807, 2.05) is 24.3 Å². The van der Waals surface area contributed by atoms with Crippen molar-refractivity contribution >= 4 is 0 Å². The number of methoxy groups -OCH3 is 4. The van der Waals surface area contributed by atoms with Crippen molar-refractivity contribution in [3.63, 3.8) is 0 Å². The molecule has 0 radical (unpaired) electrons. The van der Waals surface area contributed by atoms with Gasteiger partial charge in [-0.3, -0.25) is 0 Å². The number of phenols is 2. The number of aromatic hydroxyl groups is 2. The molecule has 0 heterocycles. The van der Waals surface area contributed by atoms with Crippen molar-refractivity contribution in [1.29, 1.82) is 0 Å². The zero-order chi connectivity index (χ0) is 28.0. The second kappa shape index (κ2) is 16.7. The molecule has 0 saturated heterocycles. The van der Waals surface area contributed by atoms with E-state index in [0.717, 1.165) is 11.1 Å². The van der Waals surface area contributed by atoms with Crippen molar-refractivity contribution in [3.05, 3.63) is 57.6 Å². The SMILES string of the molecule is COCCOCc1cc(C(C)(C)c2cc(COCCOC)c(O)c(COCCOC)c2)cc(COC)c1O. The van der Waals surface area contributed by atoms with Crippen molar-refractivity contribution in [1.82, 2.24) is 0 Å². The summed E-state index contributed by atoms with van der Waals surface area (Å²) in [5.41, 5.74) is 4.10. The van der Waals surface area contributed by atoms with E-state index in [1.54, 1.807) is 28.4 Å². The maximum absolute atomic E-state index is 11.0. The third-order valence-electron chi connectivity index (χ3n) is 6.35. The van der Waals surface area contributed by atoms with Crippen molar-refractivity contribution in [3.8, 4) is 11.5 Å². The van der Waals surface area contributed by atoms with Gasteiger partial charge in [0.1, 0.15) is 11.5 Å². The first-order valence-electron chi connectivity index (χ1n) is 12.7. The molecule has 0 atom stereocenters. The first kappa shape index (κ1) is 32.0. The zero-order valence-electron chi connectivity index (χ0n) is 23.6. The largest absolute Gasteiger partial charge is 0.507 e. The van der Waals surface area contributed by atoms with Gasteiger partial charge >= 0.3 is 0 Å². The molecule has 2 aromatic carbocycles. The molecule has 0 aliphatic rings. The Kier molecular flexibility index (Phi) is 14.0. The Labute approximate surface area is 226 Å². The predicted molar refractivity (Wildman–Crippen MR) is 144 cm³/mol. The smallest absolute Gasteiger partial charge is 0.126 e. The van der Waals surface area contributed by atoms with Crippen LogP contribution in [0.2, 0.25) is 0 Å². The van der Waals surface area contributed by atoms with E-state index >= 15 is 0 Å². The number of phenolic OH excluding ortho intramolecular Hbond substituents is 2. The summed E-state index contributed by atoms with van der Waals surface area (Å²) in [6.07, 6.45) is 0. The molecule has 9 nitrogen and oxygen atoms in total. The van der Waals surface area contributed by atoms with Crippen LogP contribution >= 0.6 is 0 Å². The van der Waals surface area contributed by atoms with Crippen molar-refractivity contribution in [2.24, 2.45) is 0 Å².